The Morgan fingerprint density at radius 3 is 2.19 bits per heavy atom. The SMILES string of the molecule is O=S(=O)(CC1(O)CN(C(Cc2ccc(Cl)cc2)c2ccc(Cl)cc2)C1)c1cccnc1. The van der Waals surface area contributed by atoms with Gasteiger partial charge in [-0.05, 0) is 53.9 Å². The van der Waals surface area contributed by atoms with E-state index in [9.17, 15) is 13.5 Å². The molecule has 1 unspecified atom stereocenters. The molecule has 0 spiro atoms. The van der Waals surface area contributed by atoms with Crippen LogP contribution in [0.2, 0.25) is 10.0 Å². The van der Waals surface area contributed by atoms with E-state index in [0.717, 1.165) is 11.1 Å². The lowest BCUT2D eigenvalue weighted by atomic mass is 9.89. The number of pyridine rings is 1. The smallest absolute Gasteiger partial charge is 0.182 e. The lowest BCUT2D eigenvalue weighted by Crippen LogP contribution is -2.65. The maximum Gasteiger partial charge on any atom is 0.182 e. The molecule has 2 heterocycles. The maximum absolute atomic E-state index is 12.7. The minimum Gasteiger partial charge on any atom is -0.386 e. The highest BCUT2D eigenvalue weighted by molar-refractivity contribution is 7.91. The van der Waals surface area contributed by atoms with E-state index in [0.29, 0.717) is 16.5 Å². The van der Waals surface area contributed by atoms with E-state index in [-0.39, 0.29) is 29.8 Å². The first-order valence-corrected chi connectivity index (χ1v) is 12.2. The van der Waals surface area contributed by atoms with Gasteiger partial charge < -0.3 is 5.11 Å². The zero-order valence-electron chi connectivity index (χ0n) is 16.7. The summed E-state index contributed by atoms with van der Waals surface area (Å²) >= 11 is 12.1. The summed E-state index contributed by atoms with van der Waals surface area (Å²) < 4.78 is 25.4. The lowest BCUT2D eigenvalue weighted by Gasteiger charge is -2.50. The fraction of sp³-hybridized carbons (Fsp3) is 0.261. The Morgan fingerprint density at radius 2 is 1.61 bits per heavy atom. The molecule has 2 aromatic carbocycles. The van der Waals surface area contributed by atoms with Gasteiger partial charge in [0.15, 0.2) is 9.84 Å². The molecule has 1 atom stereocenters. The molecule has 1 saturated heterocycles. The number of benzene rings is 2. The Labute approximate surface area is 192 Å². The van der Waals surface area contributed by atoms with Gasteiger partial charge in [0.05, 0.1) is 10.6 Å². The Kier molecular flexibility index (Phi) is 6.37. The van der Waals surface area contributed by atoms with Crippen LogP contribution in [0.1, 0.15) is 17.2 Å². The molecule has 0 radical (unpaired) electrons. The molecule has 0 bridgehead atoms. The van der Waals surface area contributed by atoms with Crippen LogP contribution in [0.4, 0.5) is 0 Å². The van der Waals surface area contributed by atoms with Crippen LogP contribution in [0, 0.1) is 0 Å². The third-order valence-corrected chi connectivity index (χ3v) is 7.87. The molecule has 5 nitrogen and oxygen atoms in total. The molecule has 8 heteroatoms. The van der Waals surface area contributed by atoms with Crippen molar-refractivity contribution in [3.8, 4) is 0 Å². The molecule has 162 valence electrons. The first-order chi connectivity index (χ1) is 14.7. The zero-order chi connectivity index (χ0) is 22.1. The van der Waals surface area contributed by atoms with E-state index >= 15 is 0 Å². The van der Waals surface area contributed by atoms with Crippen LogP contribution in [0.25, 0.3) is 0 Å². The molecule has 0 saturated carbocycles. The van der Waals surface area contributed by atoms with E-state index in [1.54, 1.807) is 6.07 Å². The van der Waals surface area contributed by atoms with Crippen molar-refractivity contribution in [2.45, 2.75) is 23.0 Å². The molecule has 0 aliphatic carbocycles. The number of likely N-dealkylation sites (tertiary alicyclic amines) is 1. The molecule has 1 aliphatic heterocycles. The predicted octanol–water partition coefficient (Wildman–Crippen LogP) is 4.19. The van der Waals surface area contributed by atoms with E-state index in [1.807, 2.05) is 48.5 Å². The maximum atomic E-state index is 12.7. The number of aromatic nitrogens is 1. The van der Waals surface area contributed by atoms with Crippen LogP contribution in [-0.4, -0.2) is 47.9 Å². The van der Waals surface area contributed by atoms with Crippen molar-refractivity contribution in [1.82, 2.24) is 9.88 Å². The Bertz CT molecular complexity index is 1130. The molecule has 1 aromatic heterocycles. The quantitative estimate of drug-likeness (QED) is 0.553. The van der Waals surface area contributed by atoms with E-state index in [4.69, 9.17) is 23.2 Å². The molecule has 0 amide bonds. The van der Waals surface area contributed by atoms with Gasteiger partial charge in [0.1, 0.15) is 5.60 Å². The summed E-state index contributed by atoms with van der Waals surface area (Å²) in [6.07, 6.45) is 3.53. The van der Waals surface area contributed by atoms with Crippen LogP contribution in [-0.2, 0) is 16.3 Å². The van der Waals surface area contributed by atoms with Crippen LogP contribution in [0.3, 0.4) is 0 Å². The second-order valence-corrected chi connectivity index (χ2v) is 10.8. The zero-order valence-corrected chi connectivity index (χ0v) is 19.0. The standard InChI is InChI=1S/C23H22Cl2N2O3S/c24-19-7-3-17(4-8-19)12-22(18-5-9-20(25)10-6-18)27-14-23(28,15-27)16-31(29,30)21-2-1-11-26-13-21/h1-11,13,22,28H,12,14-16H2. The normalized spacial score (nSPS) is 17.1. The van der Waals surface area contributed by atoms with Crippen LogP contribution in [0.5, 0.6) is 0 Å². The minimum atomic E-state index is -3.63. The highest BCUT2D eigenvalue weighted by Gasteiger charge is 2.47. The fourth-order valence-electron chi connectivity index (χ4n) is 3.98. The molecule has 1 N–H and O–H groups in total. The van der Waals surface area contributed by atoms with E-state index in [2.05, 4.69) is 9.88 Å². The molecule has 31 heavy (non-hydrogen) atoms. The summed E-state index contributed by atoms with van der Waals surface area (Å²) in [5, 5.41) is 12.3. The third-order valence-electron chi connectivity index (χ3n) is 5.48. The number of β-amino-alcohol motifs (C(OH)–C–C–N with tert-alkyl or cyclic N) is 1. The van der Waals surface area contributed by atoms with Crippen molar-refractivity contribution in [3.05, 3.63) is 94.2 Å². The molecular formula is C23H22Cl2N2O3S. The lowest BCUT2D eigenvalue weighted by molar-refractivity contribution is -0.100. The van der Waals surface area contributed by atoms with Gasteiger partial charge in [0, 0.05) is 41.6 Å². The highest BCUT2D eigenvalue weighted by Crippen LogP contribution is 2.35. The van der Waals surface area contributed by atoms with Crippen molar-refractivity contribution < 1.29 is 13.5 Å². The largest absolute Gasteiger partial charge is 0.386 e. The van der Waals surface area contributed by atoms with Crippen molar-refractivity contribution in [1.29, 1.82) is 0 Å². The average Bonchev–Trinajstić information content (AvgIpc) is 2.73. The van der Waals surface area contributed by atoms with Crippen molar-refractivity contribution in [2.75, 3.05) is 18.8 Å². The minimum absolute atomic E-state index is 0.0280. The number of hydrogen-bond acceptors (Lipinski definition) is 5. The monoisotopic (exact) mass is 476 g/mol. The second kappa shape index (κ2) is 8.88. The Balaban J connectivity index is 1.52. The number of rotatable bonds is 7. The topological polar surface area (TPSA) is 70.5 Å². The summed E-state index contributed by atoms with van der Waals surface area (Å²) in [5.41, 5.74) is 0.846. The Morgan fingerprint density at radius 1 is 1.00 bits per heavy atom. The van der Waals surface area contributed by atoms with Gasteiger partial charge in [-0.25, -0.2) is 8.42 Å². The fourth-order valence-corrected chi connectivity index (χ4v) is 5.79. The Hall–Kier alpha value is -1.96. The molecular weight excluding hydrogens is 455 g/mol. The van der Waals surface area contributed by atoms with Gasteiger partial charge in [0.2, 0.25) is 0 Å². The van der Waals surface area contributed by atoms with E-state index in [1.165, 1.54) is 18.5 Å². The summed E-state index contributed by atoms with van der Waals surface area (Å²) in [4.78, 5) is 6.09. The van der Waals surface area contributed by atoms with Crippen molar-refractivity contribution in [3.63, 3.8) is 0 Å². The van der Waals surface area contributed by atoms with Crippen molar-refractivity contribution in [2.24, 2.45) is 0 Å². The number of sulfone groups is 1. The first kappa shape index (κ1) is 22.2. The molecule has 1 fully saturated rings. The van der Waals surface area contributed by atoms with Gasteiger partial charge in [-0.3, -0.25) is 9.88 Å². The summed E-state index contributed by atoms with van der Waals surface area (Å²) in [6.45, 7) is 0.515. The van der Waals surface area contributed by atoms with Gasteiger partial charge in [0.25, 0.3) is 0 Å². The summed E-state index contributed by atoms with van der Waals surface area (Å²) in [7, 11) is -3.63. The number of aliphatic hydroxyl groups is 1. The summed E-state index contributed by atoms with van der Waals surface area (Å²) in [6, 6.07) is 18.3. The number of halogens is 2. The van der Waals surface area contributed by atoms with Gasteiger partial charge in [-0.15, -0.1) is 0 Å². The molecule has 3 aromatic rings. The molecule has 4 rings (SSSR count). The number of hydrogen-bond donors (Lipinski definition) is 1. The number of nitrogens with zero attached hydrogens (tertiary/aromatic N) is 2. The third kappa shape index (κ3) is 5.27. The van der Waals surface area contributed by atoms with Crippen LogP contribution >= 0.6 is 23.2 Å². The van der Waals surface area contributed by atoms with Gasteiger partial charge in [-0.1, -0.05) is 47.5 Å². The molecule has 1 aliphatic rings. The van der Waals surface area contributed by atoms with Crippen molar-refractivity contribution >= 4 is 33.0 Å². The summed E-state index contributed by atoms with van der Waals surface area (Å²) in [5.74, 6) is -0.337. The highest BCUT2D eigenvalue weighted by atomic mass is 35.5. The first-order valence-electron chi connectivity index (χ1n) is 9.83. The van der Waals surface area contributed by atoms with Gasteiger partial charge >= 0.3 is 0 Å². The van der Waals surface area contributed by atoms with Gasteiger partial charge in [-0.2, -0.15) is 0 Å². The predicted molar refractivity (Wildman–Crippen MR) is 122 cm³/mol. The van der Waals surface area contributed by atoms with E-state index < -0.39 is 15.4 Å². The van der Waals surface area contributed by atoms with Crippen LogP contribution < -0.4 is 0 Å². The average molecular weight is 477 g/mol. The van der Waals surface area contributed by atoms with Crippen LogP contribution in [0.15, 0.2) is 78.0 Å². The second-order valence-electron chi connectivity index (χ2n) is 7.98.